The van der Waals surface area contributed by atoms with E-state index >= 15 is 0 Å². The van der Waals surface area contributed by atoms with Crippen molar-refractivity contribution in [3.63, 3.8) is 0 Å². The third kappa shape index (κ3) is 7.16. The second-order valence-electron chi connectivity index (χ2n) is 3.55. The molecular formula is C8H16NO2. The smallest absolute Gasteiger partial charge is 0.407 e. The van der Waals surface area contributed by atoms with Gasteiger partial charge in [-0.25, -0.2) is 4.79 Å². The molecule has 0 aromatic carbocycles. The SMILES string of the molecule is [CH2][C@H](C)NC(=O)OC(C)(C)C. The van der Waals surface area contributed by atoms with E-state index in [4.69, 9.17) is 4.74 Å². The molecule has 1 N–H and O–H groups in total. The first-order valence-electron chi connectivity index (χ1n) is 3.64. The van der Waals surface area contributed by atoms with E-state index in [0.29, 0.717) is 0 Å². The molecule has 0 unspecified atom stereocenters. The maximum atomic E-state index is 10.9. The van der Waals surface area contributed by atoms with E-state index in [1.807, 2.05) is 20.8 Å². The van der Waals surface area contributed by atoms with Gasteiger partial charge in [-0.1, -0.05) is 0 Å². The fourth-order valence-electron chi connectivity index (χ4n) is 0.509. The quantitative estimate of drug-likeness (QED) is 0.631. The molecule has 0 bridgehead atoms. The van der Waals surface area contributed by atoms with Crippen LogP contribution in [0.3, 0.4) is 0 Å². The molecule has 3 heteroatoms. The van der Waals surface area contributed by atoms with Crippen molar-refractivity contribution in [1.82, 2.24) is 5.32 Å². The molecule has 0 aromatic rings. The monoisotopic (exact) mass is 158 g/mol. The summed E-state index contributed by atoms with van der Waals surface area (Å²) >= 11 is 0. The Morgan fingerprint density at radius 1 is 1.55 bits per heavy atom. The molecule has 0 fully saturated rings. The summed E-state index contributed by atoms with van der Waals surface area (Å²) in [5.74, 6) is 0. The van der Waals surface area contributed by atoms with Crippen LogP contribution in [-0.2, 0) is 4.74 Å². The number of carbonyl (C=O) groups excluding carboxylic acids is 1. The number of hydrogen-bond acceptors (Lipinski definition) is 2. The lowest BCUT2D eigenvalue weighted by atomic mass is 10.2. The minimum absolute atomic E-state index is 0.121. The van der Waals surface area contributed by atoms with Gasteiger partial charge in [0.05, 0.1) is 0 Å². The van der Waals surface area contributed by atoms with E-state index in [2.05, 4.69) is 12.2 Å². The van der Waals surface area contributed by atoms with Gasteiger partial charge in [-0.2, -0.15) is 0 Å². The predicted molar refractivity (Wildman–Crippen MR) is 44.2 cm³/mol. The van der Waals surface area contributed by atoms with Crippen molar-refractivity contribution < 1.29 is 9.53 Å². The van der Waals surface area contributed by atoms with Crippen LogP contribution in [0.5, 0.6) is 0 Å². The van der Waals surface area contributed by atoms with Crippen molar-refractivity contribution in [1.29, 1.82) is 0 Å². The Bertz CT molecular complexity index is 136. The maximum Gasteiger partial charge on any atom is 0.407 e. The molecular weight excluding hydrogens is 142 g/mol. The fraction of sp³-hybridized carbons (Fsp3) is 0.750. The average molecular weight is 158 g/mol. The van der Waals surface area contributed by atoms with E-state index < -0.39 is 11.7 Å². The average Bonchev–Trinajstić information content (AvgIpc) is 1.53. The largest absolute Gasteiger partial charge is 0.444 e. The molecule has 0 saturated heterocycles. The van der Waals surface area contributed by atoms with E-state index in [1.54, 1.807) is 6.92 Å². The Morgan fingerprint density at radius 3 is 2.27 bits per heavy atom. The van der Waals surface area contributed by atoms with E-state index in [-0.39, 0.29) is 6.04 Å². The highest BCUT2D eigenvalue weighted by atomic mass is 16.6. The number of amides is 1. The van der Waals surface area contributed by atoms with Crippen molar-refractivity contribution in [2.45, 2.75) is 39.3 Å². The number of nitrogens with one attached hydrogen (secondary N) is 1. The molecule has 0 aliphatic heterocycles. The van der Waals surface area contributed by atoms with Crippen LogP contribution >= 0.6 is 0 Å². The molecule has 0 aromatic heterocycles. The van der Waals surface area contributed by atoms with Gasteiger partial charge in [-0.05, 0) is 34.6 Å². The molecule has 1 radical (unpaired) electrons. The lowest BCUT2D eigenvalue weighted by molar-refractivity contribution is 0.0517. The summed E-state index contributed by atoms with van der Waals surface area (Å²) < 4.78 is 4.96. The number of ether oxygens (including phenoxy) is 1. The summed E-state index contributed by atoms with van der Waals surface area (Å²) in [7, 11) is 0. The van der Waals surface area contributed by atoms with Gasteiger partial charge in [0.1, 0.15) is 5.60 Å². The van der Waals surface area contributed by atoms with Crippen molar-refractivity contribution in [3.05, 3.63) is 6.92 Å². The zero-order chi connectivity index (χ0) is 9.07. The zero-order valence-corrected chi connectivity index (χ0v) is 7.60. The van der Waals surface area contributed by atoms with Crippen LogP contribution in [0.1, 0.15) is 27.7 Å². The fourth-order valence-corrected chi connectivity index (χ4v) is 0.509. The van der Waals surface area contributed by atoms with Crippen LogP contribution in [0.25, 0.3) is 0 Å². The summed E-state index contributed by atoms with van der Waals surface area (Å²) in [6, 6.07) is -0.121. The van der Waals surface area contributed by atoms with Gasteiger partial charge in [-0.3, -0.25) is 0 Å². The van der Waals surface area contributed by atoms with Crippen LogP contribution in [-0.4, -0.2) is 17.7 Å². The van der Waals surface area contributed by atoms with Gasteiger partial charge in [0.2, 0.25) is 0 Å². The Labute approximate surface area is 68.1 Å². The minimum Gasteiger partial charge on any atom is -0.444 e. The standard InChI is InChI=1S/C8H16NO2/c1-6(2)9-7(10)11-8(3,4)5/h6H,1H2,2-5H3,(H,9,10)/t6-/m1/s1. The van der Waals surface area contributed by atoms with Gasteiger partial charge in [-0.15, -0.1) is 0 Å². The van der Waals surface area contributed by atoms with Gasteiger partial charge < -0.3 is 10.1 Å². The number of alkyl carbamates (subject to hydrolysis) is 1. The van der Waals surface area contributed by atoms with Crippen LogP contribution in [0, 0.1) is 6.92 Å². The molecule has 0 aliphatic rings. The molecule has 0 saturated carbocycles. The molecule has 65 valence electrons. The number of hydrogen-bond donors (Lipinski definition) is 1. The highest BCUT2D eigenvalue weighted by Gasteiger charge is 2.15. The summed E-state index contributed by atoms with van der Waals surface area (Å²) in [5, 5.41) is 2.53. The van der Waals surface area contributed by atoms with Gasteiger partial charge in [0.15, 0.2) is 0 Å². The van der Waals surface area contributed by atoms with Crippen LogP contribution in [0.15, 0.2) is 0 Å². The molecule has 0 rings (SSSR count). The molecule has 3 nitrogen and oxygen atoms in total. The van der Waals surface area contributed by atoms with Gasteiger partial charge >= 0.3 is 6.09 Å². The summed E-state index contributed by atoms with van der Waals surface area (Å²) in [6.45, 7) is 10.8. The number of rotatable bonds is 1. The Kier molecular flexibility index (Phi) is 3.36. The first-order valence-corrected chi connectivity index (χ1v) is 3.64. The third-order valence-electron chi connectivity index (χ3n) is 0.763. The van der Waals surface area contributed by atoms with Crippen LogP contribution in [0.4, 0.5) is 4.79 Å². The second kappa shape index (κ2) is 3.60. The van der Waals surface area contributed by atoms with Crippen molar-refractivity contribution in [3.8, 4) is 0 Å². The Balaban J connectivity index is 3.71. The summed E-state index contributed by atoms with van der Waals surface area (Å²) in [6.07, 6.45) is -0.417. The Morgan fingerprint density at radius 2 is 2.00 bits per heavy atom. The van der Waals surface area contributed by atoms with Crippen LogP contribution in [0.2, 0.25) is 0 Å². The van der Waals surface area contributed by atoms with Gasteiger partial charge in [0.25, 0.3) is 0 Å². The molecule has 0 spiro atoms. The summed E-state index contributed by atoms with van der Waals surface area (Å²) in [5.41, 5.74) is -0.432. The zero-order valence-electron chi connectivity index (χ0n) is 7.60. The highest BCUT2D eigenvalue weighted by Crippen LogP contribution is 2.06. The lowest BCUT2D eigenvalue weighted by Gasteiger charge is -2.20. The molecule has 0 heterocycles. The van der Waals surface area contributed by atoms with Crippen molar-refractivity contribution >= 4 is 6.09 Å². The van der Waals surface area contributed by atoms with E-state index in [1.165, 1.54) is 0 Å². The topological polar surface area (TPSA) is 38.3 Å². The van der Waals surface area contributed by atoms with E-state index in [0.717, 1.165) is 0 Å². The molecule has 11 heavy (non-hydrogen) atoms. The van der Waals surface area contributed by atoms with Crippen molar-refractivity contribution in [2.24, 2.45) is 0 Å². The van der Waals surface area contributed by atoms with Crippen molar-refractivity contribution in [2.75, 3.05) is 0 Å². The minimum atomic E-state index is -0.432. The lowest BCUT2D eigenvalue weighted by Crippen LogP contribution is -2.36. The van der Waals surface area contributed by atoms with Crippen LogP contribution < -0.4 is 5.32 Å². The maximum absolute atomic E-state index is 10.9. The Hall–Kier alpha value is -0.730. The predicted octanol–water partition coefficient (Wildman–Crippen LogP) is 1.73. The second-order valence-corrected chi connectivity index (χ2v) is 3.55. The molecule has 1 atom stereocenters. The highest BCUT2D eigenvalue weighted by molar-refractivity contribution is 5.68. The third-order valence-corrected chi connectivity index (χ3v) is 0.763. The summed E-state index contributed by atoms with van der Waals surface area (Å²) in [4.78, 5) is 10.9. The molecule has 1 amide bonds. The van der Waals surface area contributed by atoms with E-state index in [9.17, 15) is 4.79 Å². The molecule has 0 aliphatic carbocycles. The first kappa shape index (κ1) is 10.3. The number of carbonyl (C=O) groups is 1. The first-order chi connectivity index (χ1) is 4.81. The van der Waals surface area contributed by atoms with Gasteiger partial charge in [0, 0.05) is 6.04 Å². The normalized spacial score (nSPS) is 11.5.